The second-order valence-electron chi connectivity index (χ2n) is 4.13. The molecule has 1 N–H and O–H groups in total. The first-order chi connectivity index (χ1) is 10.6. The summed E-state index contributed by atoms with van der Waals surface area (Å²) in [5.74, 6) is -1.95. The van der Waals surface area contributed by atoms with Crippen molar-refractivity contribution in [3.63, 3.8) is 0 Å². The highest BCUT2D eigenvalue weighted by Gasteiger charge is 2.10. The molecule has 0 saturated carbocycles. The standard InChI is InChI=1S/C10H16Cl2O5.C3H5ClO2/c1-7(11)9(13)16-5-3-15-4-6-17-10(14)8(2)12;1-2(4)3(5)6/h7-8H,3-6H2,1-2H3;2H,1H3,(H,5,6). The Labute approximate surface area is 150 Å². The molecule has 0 bridgehead atoms. The van der Waals surface area contributed by atoms with Crippen LogP contribution in [0, 0.1) is 0 Å². The molecule has 23 heavy (non-hydrogen) atoms. The van der Waals surface area contributed by atoms with Crippen LogP contribution in [-0.2, 0) is 28.6 Å². The molecule has 0 aliphatic heterocycles. The number of carbonyl (C=O) groups excluding carboxylic acids is 2. The van der Waals surface area contributed by atoms with Crippen molar-refractivity contribution in [2.75, 3.05) is 26.4 Å². The minimum absolute atomic E-state index is 0.121. The maximum atomic E-state index is 10.9. The number of ether oxygens (including phenoxy) is 3. The largest absolute Gasteiger partial charge is 0.480 e. The molecule has 0 spiro atoms. The van der Waals surface area contributed by atoms with Gasteiger partial charge in [0, 0.05) is 0 Å². The summed E-state index contributed by atoms with van der Waals surface area (Å²) in [6, 6.07) is 0. The van der Waals surface area contributed by atoms with Crippen LogP contribution in [0.5, 0.6) is 0 Å². The van der Waals surface area contributed by atoms with Crippen LogP contribution in [0.25, 0.3) is 0 Å². The number of hydrogen-bond acceptors (Lipinski definition) is 6. The number of carbonyl (C=O) groups is 3. The van der Waals surface area contributed by atoms with Crippen molar-refractivity contribution in [3.05, 3.63) is 0 Å². The fourth-order valence-corrected chi connectivity index (χ4v) is 0.860. The average Bonchev–Trinajstić information content (AvgIpc) is 2.45. The van der Waals surface area contributed by atoms with E-state index >= 15 is 0 Å². The Hall–Kier alpha value is -0.760. The Morgan fingerprint density at radius 2 is 1.09 bits per heavy atom. The van der Waals surface area contributed by atoms with E-state index in [0.29, 0.717) is 0 Å². The van der Waals surface area contributed by atoms with Crippen molar-refractivity contribution < 1.29 is 33.7 Å². The van der Waals surface area contributed by atoms with Crippen LogP contribution < -0.4 is 0 Å². The van der Waals surface area contributed by atoms with Crippen molar-refractivity contribution >= 4 is 52.7 Å². The SMILES string of the molecule is CC(Cl)C(=O)O.CC(Cl)C(=O)OCCOCCOC(=O)C(C)Cl. The number of aliphatic carboxylic acids is 1. The molecule has 0 aromatic heterocycles. The minimum atomic E-state index is -0.975. The number of halogens is 3. The van der Waals surface area contributed by atoms with E-state index < -0.39 is 34.0 Å². The zero-order valence-corrected chi connectivity index (χ0v) is 15.4. The molecule has 0 aromatic carbocycles. The molecular weight excluding hydrogens is 374 g/mol. The molecule has 0 aliphatic carbocycles. The molecule has 0 rings (SSSR count). The van der Waals surface area contributed by atoms with Gasteiger partial charge < -0.3 is 19.3 Å². The van der Waals surface area contributed by atoms with Gasteiger partial charge >= 0.3 is 17.9 Å². The van der Waals surface area contributed by atoms with Crippen molar-refractivity contribution in [1.29, 1.82) is 0 Å². The number of alkyl halides is 3. The summed E-state index contributed by atoms with van der Waals surface area (Å²) in [4.78, 5) is 31.4. The van der Waals surface area contributed by atoms with Crippen LogP contribution in [-0.4, -0.2) is 65.6 Å². The predicted molar refractivity (Wildman–Crippen MR) is 86.3 cm³/mol. The Bertz CT molecular complexity index is 335. The van der Waals surface area contributed by atoms with E-state index in [4.69, 9.17) is 54.1 Å². The lowest BCUT2D eigenvalue weighted by atomic mass is 10.5. The topological polar surface area (TPSA) is 99.1 Å². The number of rotatable bonds is 9. The fourth-order valence-electron chi connectivity index (χ4n) is 0.734. The lowest BCUT2D eigenvalue weighted by Crippen LogP contribution is -2.20. The molecule has 0 aliphatic rings. The summed E-state index contributed by atoms with van der Waals surface area (Å²) in [5, 5.41) is 5.77. The molecule has 3 unspecified atom stereocenters. The van der Waals surface area contributed by atoms with Crippen LogP contribution in [0.3, 0.4) is 0 Å². The zero-order chi connectivity index (χ0) is 18.4. The van der Waals surface area contributed by atoms with Crippen molar-refractivity contribution in [2.24, 2.45) is 0 Å². The Balaban J connectivity index is 0. The fraction of sp³-hybridized carbons (Fsp3) is 0.769. The van der Waals surface area contributed by atoms with Gasteiger partial charge in [0.2, 0.25) is 0 Å². The van der Waals surface area contributed by atoms with Gasteiger partial charge in [-0.3, -0.25) is 14.4 Å². The van der Waals surface area contributed by atoms with E-state index in [0.717, 1.165) is 0 Å². The predicted octanol–water partition coefficient (Wildman–Crippen LogP) is 2.04. The van der Waals surface area contributed by atoms with Gasteiger partial charge in [-0.1, -0.05) is 0 Å². The smallest absolute Gasteiger partial charge is 0.323 e. The minimum Gasteiger partial charge on any atom is -0.480 e. The Morgan fingerprint density at radius 3 is 1.30 bits per heavy atom. The van der Waals surface area contributed by atoms with Gasteiger partial charge in [-0.25, -0.2) is 0 Å². The summed E-state index contributed by atoms with van der Waals surface area (Å²) in [6.07, 6.45) is 0. The molecule has 0 fully saturated rings. The first-order valence-electron chi connectivity index (χ1n) is 6.65. The highest BCUT2D eigenvalue weighted by Crippen LogP contribution is 1.97. The first-order valence-corrected chi connectivity index (χ1v) is 7.96. The van der Waals surface area contributed by atoms with E-state index in [1.807, 2.05) is 0 Å². The van der Waals surface area contributed by atoms with E-state index in [1.165, 1.54) is 20.8 Å². The van der Waals surface area contributed by atoms with Crippen LogP contribution in [0.1, 0.15) is 20.8 Å². The number of carboxylic acid groups (broad SMARTS) is 1. The third-order valence-electron chi connectivity index (χ3n) is 1.93. The van der Waals surface area contributed by atoms with Crippen molar-refractivity contribution in [2.45, 2.75) is 36.9 Å². The summed E-state index contributed by atoms with van der Waals surface area (Å²) < 4.78 is 14.5. The molecule has 10 heteroatoms. The maximum absolute atomic E-state index is 10.9. The molecule has 0 radical (unpaired) electrons. The average molecular weight is 396 g/mol. The molecule has 3 atom stereocenters. The van der Waals surface area contributed by atoms with E-state index in [9.17, 15) is 14.4 Å². The van der Waals surface area contributed by atoms with Gasteiger partial charge in [-0.15, -0.1) is 34.8 Å². The monoisotopic (exact) mass is 394 g/mol. The Morgan fingerprint density at radius 1 is 0.783 bits per heavy atom. The van der Waals surface area contributed by atoms with E-state index in [-0.39, 0.29) is 26.4 Å². The third-order valence-corrected chi connectivity index (χ3v) is 2.48. The van der Waals surface area contributed by atoms with Crippen molar-refractivity contribution in [3.8, 4) is 0 Å². The third kappa shape index (κ3) is 17.4. The van der Waals surface area contributed by atoms with Gasteiger partial charge in [-0.2, -0.15) is 0 Å². The second-order valence-corrected chi connectivity index (χ2v) is 6.10. The maximum Gasteiger partial charge on any atom is 0.323 e. The summed E-state index contributed by atoms with van der Waals surface area (Å²) in [5.41, 5.74) is 0. The second kappa shape index (κ2) is 14.8. The summed E-state index contributed by atoms with van der Waals surface area (Å²) in [6.45, 7) is 5.15. The van der Waals surface area contributed by atoms with Crippen LogP contribution >= 0.6 is 34.8 Å². The van der Waals surface area contributed by atoms with Gasteiger partial charge in [0.05, 0.1) is 13.2 Å². The van der Waals surface area contributed by atoms with Crippen molar-refractivity contribution in [1.82, 2.24) is 0 Å². The summed E-state index contributed by atoms with van der Waals surface area (Å²) >= 11 is 16.0. The molecule has 0 heterocycles. The molecule has 0 saturated heterocycles. The number of esters is 2. The van der Waals surface area contributed by atoms with Gasteiger partial charge in [0.25, 0.3) is 0 Å². The van der Waals surface area contributed by atoms with Gasteiger partial charge in [0.1, 0.15) is 29.3 Å². The molecule has 136 valence electrons. The van der Waals surface area contributed by atoms with E-state index in [1.54, 1.807) is 0 Å². The molecular formula is C13H21Cl3O7. The molecule has 0 amide bonds. The van der Waals surface area contributed by atoms with E-state index in [2.05, 4.69) is 0 Å². The van der Waals surface area contributed by atoms with Crippen LogP contribution in [0.15, 0.2) is 0 Å². The van der Waals surface area contributed by atoms with Gasteiger partial charge in [-0.05, 0) is 20.8 Å². The number of carboxylic acids is 1. The lowest BCUT2D eigenvalue weighted by Gasteiger charge is -2.08. The van der Waals surface area contributed by atoms with Gasteiger partial charge in [0.15, 0.2) is 0 Å². The Kier molecular flexibility index (Phi) is 15.8. The van der Waals surface area contributed by atoms with Crippen LogP contribution in [0.4, 0.5) is 0 Å². The molecule has 7 nitrogen and oxygen atoms in total. The highest BCUT2D eigenvalue weighted by atomic mass is 35.5. The normalized spacial score (nSPS) is 13.8. The quantitative estimate of drug-likeness (QED) is 0.362. The summed E-state index contributed by atoms with van der Waals surface area (Å²) in [7, 11) is 0. The first kappa shape index (κ1) is 24.5. The lowest BCUT2D eigenvalue weighted by molar-refractivity contribution is -0.146. The zero-order valence-electron chi connectivity index (χ0n) is 13.1. The number of hydrogen-bond donors (Lipinski definition) is 1. The highest BCUT2D eigenvalue weighted by molar-refractivity contribution is 6.30. The molecule has 0 aromatic rings. The van der Waals surface area contributed by atoms with Crippen LogP contribution in [0.2, 0.25) is 0 Å².